The minimum absolute atomic E-state index is 0.134. The molecule has 5 nitrogen and oxygen atoms in total. The molecule has 1 aromatic heterocycles. The number of carbonyl (C=O) groups excluding carboxylic acids is 1. The molecule has 0 fully saturated rings. The van der Waals surface area contributed by atoms with Crippen molar-refractivity contribution in [3.8, 4) is 17.1 Å². The predicted molar refractivity (Wildman–Crippen MR) is 97.9 cm³/mol. The summed E-state index contributed by atoms with van der Waals surface area (Å²) in [6.45, 7) is 3.96. The van der Waals surface area contributed by atoms with Gasteiger partial charge >= 0.3 is 0 Å². The molecule has 0 bridgehead atoms. The summed E-state index contributed by atoms with van der Waals surface area (Å²) in [4.78, 5) is 12.5. The number of anilines is 1. The molecule has 0 aliphatic carbocycles. The molecule has 1 heterocycles. The van der Waals surface area contributed by atoms with Crippen molar-refractivity contribution < 1.29 is 9.53 Å². The maximum absolute atomic E-state index is 12.5. The highest BCUT2D eigenvalue weighted by molar-refractivity contribution is 6.04. The average molecular weight is 333 g/mol. The molecular weight excluding hydrogens is 314 g/mol. The SMILES string of the molecule is COc1ccc(-c2cccc(NC(=O)c3cc(C)cc(C)c3)c2)nn1. The van der Waals surface area contributed by atoms with E-state index < -0.39 is 0 Å². The Labute approximate surface area is 146 Å². The smallest absolute Gasteiger partial charge is 0.255 e. The Bertz CT molecular complexity index is 885. The normalized spacial score (nSPS) is 10.4. The van der Waals surface area contributed by atoms with E-state index in [2.05, 4.69) is 15.5 Å². The second kappa shape index (κ2) is 7.13. The Morgan fingerprint density at radius 1 is 0.960 bits per heavy atom. The Kier molecular flexibility index (Phi) is 4.75. The van der Waals surface area contributed by atoms with Crippen molar-refractivity contribution in [2.75, 3.05) is 12.4 Å². The van der Waals surface area contributed by atoms with Crippen LogP contribution in [0.3, 0.4) is 0 Å². The summed E-state index contributed by atoms with van der Waals surface area (Å²) >= 11 is 0. The molecule has 2 aromatic carbocycles. The molecule has 0 aliphatic rings. The third-order valence-electron chi connectivity index (χ3n) is 3.75. The largest absolute Gasteiger partial charge is 0.480 e. The molecule has 0 aliphatic heterocycles. The van der Waals surface area contributed by atoms with E-state index in [1.807, 2.05) is 62.4 Å². The fourth-order valence-electron chi connectivity index (χ4n) is 2.65. The van der Waals surface area contributed by atoms with Crippen LogP contribution in [0.1, 0.15) is 21.5 Å². The van der Waals surface area contributed by atoms with Crippen LogP contribution in [0.2, 0.25) is 0 Å². The number of methoxy groups -OCH3 is 1. The summed E-state index contributed by atoms with van der Waals surface area (Å²) in [7, 11) is 1.55. The second-order valence-corrected chi connectivity index (χ2v) is 5.87. The highest BCUT2D eigenvalue weighted by atomic mass is 16.5. The van der Waals surface area contributed by atoms with Gasteiger partial charge in [-0.1, -0.05) is 29.3 Å². The van der Waals surface area contributed by atoms with Crippen molar-refractivity contribution in [2.24, 2.45) is 0 Å². The van der Waals surface area contributed by atoms with Crippen LogP contribution in [0.25, 0.3) is 11.3 Å². The first-order valence-corrected chi connectivity index (χ1v) is 7.93. The number of rotatable bonds is 4. The number of aromatic nitrogens is 2. The van der Waals surface area contributed by atoms with Gasteiger partial charge < -0.3 is 10.1 Å². The standard InChI is InChI=1S/C20H19N3O2/c1-13-9-14(2)11-16(10-13)20(24)21-17-6-4-5-15(12-17)18-7-8-19(25-3)23-22-18/h4-12H,1-3H3,(H,21,24). The van der Waals surface area contributed by atoms with E-state index >= 15 is 0 Å². The molecular formula is C20H19N3O2. The number of carbonyl (C=O) groups is 1. The molecule has 5 heteroatoms. The summed E-state index contributed by atoms with van der Waals surface area (Å²) in [5.41, 5.74) is 5.06. The Hall–Kier alpha value is -3.21. The van der Waals surface area contributed by atoms with Gasteiger partial charge in [0.25, 0.3) is 5.91 Å². The lowest BCUT2D eigenvalue weighted by atomic mass is 10.1. The number of ether oxygens (including phenoxy) is 1. The Balaban J connectivity index is 1.82. The van der Waals surface area contributed by atoms with Crippen LogP contribution in [-0.2, 0) is 0 Å². The summed E-state index contributed by atoms with van der Waals surface area (Å²) < 4.78 is 5.02. The number of aryl methyl sites for hydroxylation is 2. The molecule has 0 spiro atoms. The van der Waals surface area contributed by atoms with E-state index in [4.69, 9.17) is 4.74 Å². The van der Waals surface area contributed by atoms with E-state index in [1.54, 1.807) is 13.2 Å². The molecule has 3 rings (SSSR count). The van der Waals surface area contributed by atoms with Crippen molar-refractivity contribution in [1.82, 2.24) is 10.2 Å². The summed E-state index contributed by atoms with van der Waals surface area (Å²) in [6, 6.07) is 16.9. The topological polar surface area (TPSA) is 64.1 Å². The first kappa shape index (κ1) is 16.6. The van der Waals surface area contributed by atoms with Crippen molar-refractivity contribution in [3.05, 3.63) is 71.3 Å². The molecule has 1 N–H and O–H groups in total. The first-order valence-electron chi connectivity index (χ1n) is 7.93. The minimum atomic E-state index is -0.134. The lowest BCUT2D eigenvalue weighted by Gasteiger charge is -2.09. The monoisotopic (exact) mass is 333 g/mol. The van der Waals surface area contributed by atoms with Crippen LogP contribution in [-0.4, -0.2) is 23.2 Å². The molecule has 3 aromatic rings. The van der Waals surface area contributed by atoms with Crippen LogP contribution in [0.5, 0.6) is 5.88 Å². The zero-order valence-corrected chi connectivity index (χ0v) is 14.4. The molecule has 126 valence electrons. The van der Waals surface area contributed by atoms with Crippen molar-refractivity contribution in [2.45, 2.75) is 13.8 Å². The number of hydrogen-bond acceptors (Lipinski definition) is 4. The van der Waals surface area contributed by atoms with Gasteiger partial charge in [0.1, 0.15) is 0 Å². The zero-order valence-electron chi connectivity index (χ0n) is 14.4. The molecule has 25 heavy (non-hydrogen) atoms. The fourth-order valence-corrected chi connectivity index (χ4v) is 2.65. The third kappa shape index (κ3) is 4.01. The number of nitrogens with one attached hydrogen (secondary N) is 1. The van der Waals surface area contributed by atoms with Gasteiger partial charge in [-0.05, 0) is 44.2 Å². The average Bonchev–Trinajstić information content (AvgIpc) is 2.61. The van der Waals surface area contributed by atoms with Crippen LogP contribution < -0.4 is 10.1 Å². The van der Waals surface area contributed by atoms with Gasteiger partial charge in [0.15, 0.2) is 0 Å². The van der Waals surface area contributed by atoms with Crippen LogP contribution >= 0.6 is 0 Å². The molecule has 0 atom stereocenters. The Morgan fingerprint density at radius 3 is 2.36 bits per heavy atom. The van der Waals surface area contributed by atoms with Crippen molar-refractivity contribution in [3.63, 3.8) is 0 Å². The van der Waals surface area contributed by atoms with Crippen LogP contribution in [0, 0.1) is 13.8 Å². The lowest BCUT2D eigenvalue weighted by Crippen LogP contribution is -2.12. The van der Waals surface area contributed by atoms with Gasteiger partial charge in [-0.3, -0.25) is 4.79 Å². The van der Waals surface area contributed by atoms with Gasteiger partial charge in [-0.25, -0.2) is 0 Å². The van der Waals surface area contributed by atoms with Gasteiger partial charge in [0, 0.05) is 22.9 Å². The maximum Gasteiger partial charge on any atom is 0.255 e. The van der Waals surface area contributed by atoms with Gasteiger partial charge in [-0.2, -0.15) is 0 Å². The maximum atomic E-state index is 12.5. The second-order valence-electron chi connectivity index (χ2n) is 5.87. The summed E-state index contributed by atoms with van der Waals surface area (Å²) in [5.74, 6) is 0.327. The number of hydrogen-bond donors (Lipinski definition) is 1. The molecule has 0 saturated carbocycles. The van der Waals surface area contributed by atoms with E-state index in [1.165, 1.54) is 0 Å². The fraction of sp³-hybridized carbons (Fsp3) is 0.150. The van der Waals surface area contributed by atoms with E-state index in [0.717, 1.165) is 16.7 Å². The van der Waals surface area contributed by atoms with Gasteiger partial charge in [0.2, 0.25) is 5.88 Å². The number of nitrogens with zero attached hydrogens (tertiary/aromatic N) is 2. The molecule has 0 saturated heterocycles. The lowest BCUT2D eigenvalue weighted by molar-refractivity contribution is 0.102. The van der Waals surface area contributed by atoms with Crippen molar-refractivity contribution >= 4 is 11.6 Å². The van der Waals surface area contributed by atoms with E-state index in [-0.39, 0.29) is 5.91 Å². The van der Waals surface area contributed by atoms with Gasteiger partial charge in [0.05, 0.1) is 12.8 Å². The zero-order chi connectivity index (χ0) is 17.8. The third-order valence-corrected chi connectivity index (χ3v) is 3.75. The highest BCUT2D eigenvalue weighted by Crippen LogP contribution is 2.22. The minimum Gasteiger partial charge on any atom is -0.480 e. The van der Waals surface area contributed by atoms with E-state index in [0.29, 0.717) is 22.8 Å². The van der Waals surface area contributed by atoms with Crippen molar-refractivity contribution in [1.29, 1.82) is 0 Å². The number of amides is 1. The van der Waals surface area contributed by atoms with Crippen LogP contribution in [0.15, 0.2) is 54.6 Å². The quantitative estimate of drug-likeness (QED) is 0.783. The van der Waals surface area contributed by atoms with Gasteiger partial charge in [-0.15, -0.1) is 10.2 Å². The van der Waals surface area contributed by atoms with Crippen LogP contribution in [0.4, 0.5) is 5.69 Å². The number of benzene rings is 2. The summed E-state index contributed by atoms with van der Waals surface area (Å²) in [5, 5.41) is 11.0. The highest BCUT2D eigenvalue weighted by Gasteiger charge is 2.09. The summed E-state index contributed by atoms with van der Waals surface area (Å²) in [6.07, 6.45) is 0. The first-order chi connectivity index (χ1) is 12.0. The molecule has 0 radical (unpaired) electrons. The van der Waals surface area contributed by atoms with E-state index in [9.17, 15) is 4.79 Å². The predicted octanol–water partition coefficient (Wildman–Crippen LogP) is 4.02. The Morgan fingerprint density at radius 2 is 1.72 bits per heavy atom. The molecule has 1 amide bonds. The molecule has 0 unspecified atom stereocenters.